The lowest BCUT2D eigenvalue weighted by Gasteiger charge is -2.13. The number of nitrogens with one attached hydrogen (secondary N) is 1. The Morgan fingerprint density at radius 3 is 2.47 bits per heavy atom. The fraction of sp³-hybridized carbons (Fsp3) is 0.182. The van der Waals surface area contributed by atoms with Gasteiger partial charge in [0.05, 0.1) is 17.0 Å². The predicted molar refractivity (Wildman–Crippen MR) is 62.6 cm³/mol. The Morgan fingerprint density at radius 2 is 1.95 bits per heavy atom. The van der Waals surface area contributed by atoms with Crippen LogP contribution in [0.4, 0.5) is 4.39 Å². The standard InChI is InChI=1S/C11H9ClFNO5/c12-9-5(2-1-3-6(9)13)10(17)14-7(11(18)19)4-8(15)16/h1-3,7H,4H2,(H,14,17)(H,15,16)(H,18,19)/t7-/m1/s1. The number of halogens is 2. The number of carbonyl (C=O) groups is 3. The monoisotopic (exact) mass is 289 g/mol. The summed E-state index contributed by atoms with van der Waals surface area (Å²) in [5.74, 6) is -4.70. The lowest BCUT2D eigenvalue weighted by Crippen LogP contribution is -2.42. The lowest BCUT2D eigenvalue weighted by atomic mass is 10.1. The minimum atomic E-state index is -1.62. The molecule has 0 spiro atoms. The largest absolute Gasteiger partial charge is 0.481 e. The highest BCUT2D eigenvalue weighted by molar-refractivity contribution is 6.34. The van der Waals surface area contributed by atoms with E-state index in [1.165, 1.54) is 12.1 Å². The highest BCUT2D eigenvalue weighted by Crippen LogP contribution is 2.19. The molecular formula is C11H9ClFNO5. The quantitative estimate of drug-likeness (QED) is 0.754. The maximum atomic E-state index is 13.1. The lowest BCUT2D eigenvalue weighted by molar-refractivity contribution is -0.145. The third kappa shape index (κ3) is 3.92. The molecule has 102 valence electrons. The molecule has 0 bridgehead atoms. The first-order chi connectivity index (χ1) is 8.82. The van der Waals surface area contributed by atoms with E-state index in [1.807, 2.05) is 5.32 Å². The smallest absolute Gasteiger partial charge is 0.326 e. The molecule has 0 aliphatic rings. The van der Waals surface area contributed by atoms with E-state index in [-0.39, 0.29) is 5.56 Å². The van der Waals surface area contributed by atoms with Crippen molar-refractivity contribution in [3.05, 3.63) is 34.6 Å². The molecule has 1 aromatic carbocycles. The van der Waals surface area contributed by atoms with E-state index in [0.717, 1.165) is 6.07 Å². The molecule has 1 amide bonds. The third-order valence-corrected chi connectivity index (χ3v) is 2.56. The van der Waals surface area contributed by atoms with Gasteiger partial charge in [0.2, 0.25) is 0 Å². The third-order valence-electron chi connectivity index (χ3n) is 2.18. The molecule has 0 saturated carbocycles. The molecule has 1 atom stereocenters. The summed E-state index contributed by atoms with van der Waals surface area (Å²) in [7, 11) is 0. The van der Waals surface area contributed by atoms with E-state index in [4.69, 9.17) is 21.8 Å². The molecule has 0 saturated heterocycles. The first-order valence-corrected chi connectivity index (χ1v) is 5.40. The van der Waals surface area contributed by atoms with Crippen molar-refractivity contribution in [2.75, 3.05) is 0 Å². The van der Waals surface area contributed by atoms with Crippen LogP contribution in [0.1, 0.15) is 16.8 Å². The van der Waals surface area contributed by atoms with Gasteiger partial charge in [0.25, 0.3) is 5.91 Å². The number of aliphatic carboxylic acids is 2. The van der Waals surface area contributed by atoms with E-state index in [2.05, 4.69) is 0 Å². The van der Waals surface area contributed by atoms with Gasteiger partial charge in [-0.1, -0.05) is 17.7 Å². The summed E-state index contributed by atoms with van der Waals surface area (Å²) in [6.45, 7) is 0. The molecule has 0 fully saturated rings. The van der Waals surface area contributed by atoms with E-state index in [9.17, 15) is 18.8 Å². The fourth-order valence-corrected chi connectivity index (χ4v) is 1.50. The van der Waals surface area contributed by atoms with Crippen LogP contribution in [0.3, 0.4) is 0 Å². The summed E-state index contributed by atoms with van der Waals surface area (Å²) < 4.78 is 13.1. The Hall–Kier alpha value is -2.15. The topological polar surface area (TPSA) is 104 Å². The average Bonchev–Trinajstić information content (AvgIpc) is 2.31. The number of rotatable bonds is 5. The Labute approximate surface area is 111 Å². The summed E-state index contributed by atoms with van der Waals surface area (Å²) in [5.41, 5.74) is -0.265. The zero-order chi connectivity index (χ0) is 14.6. The Kier molecular flexibility index (Phi) is 4.82. The number of hydrogen-bond donors (Lipinski definition) is 3. The fourth-order valence-electron chi connectivity index (χ4n) is 1.29. The van der Waals surface area contributed by atoms with Crippen molar-refractivity contribution in [2.45, 2.75) is 12.5 Å². The van der Waals surface area contributed by atoms with E-state index in [0.29, 0.717) is 0 Å². The second-order valence-electron chi connectivity index (χ2n) is 3.56. The molecule has 0 aromatic heterocycles. The predicted octanol–water partition coefficient (Wildman–Crippen LogP) is 1.14. The van der Waals surface area contributed by atoms with Crippen LogP contribution in [-0.2, 0) is 9.59 Å². The first-order valence-electron chi connectivity index (χ1n) is 5.02. The minimum Gasteiger partial charge on any atom is -0.481 e. The molecule has 19 heavy (non-hydrogen) atoms. The van der Waals surface area contributed by atoms with Crippen LogP contribution in [0.2, 0.25) is 5.02 Å². The minimum absolute atomic E-state index is 0.265. The van der Waals surface area contributed by atoms with Gasteiger partial charge in [0.15, 0.2) is 0 Å². The van der Waals surface area contributed by atoms with E-state index >= 15 is 0 Å². The van der Waals surface area contributed by atoms with Gasteiger partial charge in [-0.2, -0.15) is 0 Å². The average molecular weight is 290 g/mol. The Morgan fingerprint density at radius 1 is 1.32 bits per heavy atom. The number of carbonyl (C=O) groups excluding carboxylic acids is 1. The second-order valence-corrected chi connectivity index (χ2v) is 3.94. The van der Waals surface area contributed by atoms with Crippen molar-refractivity contribution in [1.82, 2.24) is 5.32 Å². The molecule has 0 aliphatic heterocycles. The van der Waals surface area contributed by atoms with Crippen LogP contribution in [0.25, 0.3) is 0 Å². The molecule has 1 aromatic rings. The van der Waals surface area contributed by atoms with Crippen molar-refractivity contribution in [1.29, 1.82) is 0 Å². The van der Waals surface area contributed by atoms with E-state index < -0.39 is 41.1 Å². The van der Waals surface area contributed by atoms with Crippen molar-refractivity contribution in [2.24, 2.45) is 0 Å². The van der Waals surface area contributed by atoms with E-state index in [1.54, 1.807) is 0 Å². The maximum Gasteiger partial charge on any atom is 0.326 e. The number of benzene rings is 1. The molecule has 0 unspecified atom stereocenters. The first kappa shape index (κ1) is 14.9. The number of amides is 1. The molecule has 3 N–H and O–H groups in total. The van der Waals surface area contributed by atoms with Crippen molar-refractivity contribution >= 4 is 29.4 Å². The molecule has 0 aliphatic carbocycles. The number of hydrogen-bond acceptors (Lipinski definition) is 3. The van der Waals surface area contributed by atoms with Gasteiger partial charge >= 0.3 is 11.9 Å². The van der Waals surface area contributed by atoms with Crippen LogP contribution in [-0.4, -0.2) is 34.1 Å². The normalized spacial score (nSPS) is 11.7. The zero-order valence-electron chi connectivity index (χ0n) is 9.39. The van der Waals surface area contributed by atoms with Crippen LogP contribution in [0.15, 0.2) is 18.2 Å². The molecule has 0 radical (unpaired) electrons. The van der Waals surface area contributed by atoms with Crippen LogP contribution in [0, 0.1) is 5.82 Å². The van der Waals surface area contributed by atoms with Crippen LogP contribution < -0.4 is 5.32 Å². The Bertz CT molecular complexity index is 534. The van der Waals surface area contributed by atoms with Gasteiger partial charge < -0.3 is 15.5 Å². The summed E-state index contributed by atoms with van der Waals surface area (Å²) in [5, 5.41) is 18.8. The molecule has 1 rings (SSSR count). The summed E-state index contributed by atoms with van der Waals surface area (Å²) in [4.78, 5) is 32.9. The number of carboxylic acids is 2. The Balaban J connectivity index is 2.91. The maximum absolute atomic E-state index is 13.1. The summed E-state index contributed by atoms with van der Waals surface area (Å²) >= 11 is 5.56. The molecular weight excluding hydrogens is 281 g/mol. The van der Waals surface area contributed by atoms with Gasteiger partial charge in [-0.3, -0.25) is 9.59 Å². The van der Waals surface area contributed by atoms with Crippen molar-refractivity contribution in [3.63, 3.8) is 0 Å². The van der Waals surface area contributed by atoms with Crippen molar-refractivity contribution < 1.29 is 29.0 Å². The molecule has 8 heteroatoms. The zero-order valence-corrected chi connectivity index (χ0v) is 10.1. The van der Waals surface area contributed by atoms with Crippen LogP contribution >= 0.6 is 11.6 Å². The SMILES string of the molecule is O=C(O)C[C@@H](NC(=O)c1cccc(F)c1Cl)C(=O)O. The molecule has 6 nitrogen and oxygen atoms in total. The van der Waals surface area contributed by atoms with Gasteiger partial charge in [-0.05, 0) is 12.1 Å². The molecule has 0 heterocycles. The van der Waals surface area contributed by atoms with Crippen LogP contribution in [0.5, 0.6) is 0 Å². The van der Waals surface area contributed by atoms with Gasteiger partial charge in [0.1, 0.15) is 11.9 Å². The number of carboxylic acid groups (broad SMARTS) is 2. The summed E-state index contributed by atoms with van der Waals surface area (Å²) in [6, 6.07) is 1.83. The second kappa shape index (κ2) is 6.14. The highest BCUT2D eigenvalue weighted by Gasteiger charge is 2.24. The van der Waals surface area contributed by atoms with Crippen molar-refractivity contribution in [3.8, 4) is 0 Å². The van der Waals surface area contributed by atoms with Gasteiger partial charge in [0, 0.05) is 0 Å². The highest BCUT2D eigenvalue weighted by atomic mass is 35.5. The van der Waals surface area contributed by atoms with Gasteiger partial charge in [-0.15, -0.1) is 0 Å². The van der Waals surface area contributed by atoms with Gasteiger partial charge in [-0.25, -0.2) is 9.18 Å². The summed E-state index contributed by atoms with van der Waals surface area (Å²) in [6.07, 6.45) is -0.798.